The third-order valence-electron chi connectivity index (χ3n) is 4.13. The van der Waals surface area contributed by atoms with Crippen LogP contribution in [0.15, 0.2) is 35.7 Å². The fourth-order valence-corrected chi connectivity index (χ4v) is 3.96. The molecule has 1 saturated heterocycles. The lowest BCUT2D eigenvalue weighted by Crippen LogP contribution is -2.45. The highest BCUT2D eigenvalue weighted by molar-refractivity contribution is 7.10. The maximum atomic E-state index is 5.77. The number of hydrogen-bond donors (Lipinski definition) is 1. The molecule has 4 nitrogen and oxygen atoms in total. The van der Waals surface area contributed by atoms with Gasteiger partial charge in [0.2, 0.25) is 0 Å². The van der Waals surface area contributed by atoms with Crippen molar-refractivity contribution in [2.24, 2.45) is 0 Å². The van der Waals surface area contributed by atoms with Gasteiger partial charge in [-0.15, -0.1) is 36.2 Å². The average molecular weight is 405 g/mol. The number of methoxy groups -OCH3 is 1. The number of rotatable bonds is 6. The molecule has 1 aliphatic rings. The average Bonchev–Trinajstić information content (AvgIpc) is 3.11. The standard InChI is InChI=1S/C18H24N2O2S.2ClH/c1-3-22-16-13-14(6-7-15(16)21-2)18(17-5-4-12-23-17)20-10-8-19-9-11-20;;/h4-7,12-13,18-19H,3,8-11H2,1-2H3;2*1H/t18-;;/m1../s1. The summed E-state index contributed by atoms with van der Waals surface area (Å²) in [4.78, 5) is 3.92. The van der Waals surface area contributed by atoms with Crippen LogP contribution in [0.4, 0.5) is 0 Å². The van der Waals surface area contributed by atoms with Crippen molar-refractivity contribution in [2.45, 2.75) is 13.0 Å². The molecule has 2 heterocycles. The van der Waals surface area contributed by atoms with Crippen LogP contribution in [0, 0.1) is 0 Å². The SMILES string of the molecule is CCOc1cc([C@H](c2cccs2)N2CCNCC2)ccc1OC.Cl.Cl. The van der Waals surface area contributed by atoms with Crippen LogP contribution >= 0.6 is 36.2 Å². The van der Waals surface area contributed by atoms with Gasteiger partial charge in [0.1, 0.15) is 0 Å². The van der Waals surface area contributed by atoms with Crippen molar-refractivity contribution in [2.75, 3.05) is 39.9 Å². The molecule has 1 aromatic carbocycles. The van der Waals surface area contributed by atoms with E-state index in [0.29, 0.717) is 6.61 Å². The summed E-state index contributed by atoms with van der Waals surface area (Å²) in [6.45, 7) is 6.82. The highest BCUT2D eigenvalue weighted by Crippen LogP contribution is 2.37. The van der Waals surface area contributed by atoms with Gasteiger partial charge in [0.05, 0.1) is 19.8 Å². The van der Waals surface area contributed by atoms with E-state index in [2.05, 4.69) is 39.9 Å². The van der Waals surface area contributed by atoms with Gasteiger partial charge in [-0.05, 0) is 36.1 Å². The Labute approximate surface area is 166 Å². The largest absolute Gasteiger partial charge is 0.493 e. The third-order valence-corrected chi connectivity index (χ3v) is 5.06. The Hall–Kier alpha value is -0.980. The molecule has 0 spiro atoms. The number of benzene rings is 1. The minimum Gasteiger partial charge on any atom is -0.493 e. The van der Waals surface area contributed by atoms with Crippen molar-refractivity contribution in [3.8, 4) is 11.5 Å². The summed E-state index contributed by atoms with van der Waals surface area (Å²) in [5, 5.41) is 5.58. The normalized spacial score (nSPS) is 15.6. The van der Waals surface area contributed by atoms with Gasteiger partial charge in [0.15, 0.2) is 11.5 Å². The van der Waals surface area contributed by atoms with Crippen molar-refractivity contribution >= 4 is 36.2 Å². The fourth-order valence-electron chi connectivity index (χ4n) is 3.07. The van der Waals surface area contributed by atoms with Crippen LogP contribution in [0.1, 0.15) is 23.4 Å². The minimum absolute atomic E-state index is 0. The fraction of sp³-hybridized carbons (Fsp3) is 0.444. The molecule has 1 fully saturated rings. The van der Waals surface area contributed by atoms with Crippen LogP contribution in [0.3, 0.4) is 0 Å². The lowest BCUT2D eigenvalue weighted by molar-refractivity contribution is 0.200. The van der Waals surface area contributed by atoms with E-state index >= 15 is 0 Å². The van der Waals surface area contributed by atoms with Gasteiger partial charge in [-0.25, -0.2) is 0 Å². The van der Waals surface area contributed by atoms with Crippen LogP contribution in [0.2, 0.25) is 0 Å². The lowest BCUT2D eigenvalue weighted by Gasteiger charge is -2.35. The Morgan fingerprint density at radius 3 is 2.52 bits per heavy atom. The predicted octanol–water partition coefficient (Wildman–Crippen LogP) is 3.99. The summed E-state index contributed by atoms with van der Waals surface area (Å²) in [5.41, 5.74) is 1.26. The second-order valence-corrected chi connectivity index (χ2v) is 6.53. The van der Waals surface area contributed by atoms with E-state index in [1.54, 1.807) is 7.11 Å². The molecule has 1 atom stereocenters. The maximum Gasteiger partial charge on any atom is 0.161 e. The zero-order valence-corrected chi connectivity index (χ0v) is 17.0. The van der Waals surface area contributed by atoms with E-state index in [1.165, 1.54) is 10.4 Å². The molecule has 25 heavy (non-hydrogen) atoms. The zero-order chi connectivity index (χ0) is 16.1. The second kappa shape index (κ2) is 10.9. The van der Waals surface area contributed by atoms with Gasteiger partial charge in [-0.2, -0.15) is 0 Å². The molecule has 2 aromatic rings. The molecule has 0 amide bonds. The number of nitrogens with one attached hydrogen (secondary N) is 1. The highest BCUT2D eigenvalue weighted by Gasteiger charge is 2.25. The quantitative estimate of drug-likeness (QED) is 0.788. The molecule has 0 unspecified atom stereocenters. The van der Waals surface area contributed by atoms with Crippen LogP contribution in [-0.4, -0.2) is 44.8 Å². The molecule has 140 valence electrons. The number of piperazine rings is 1. The molecule has 1 aliphatic heterocycles. The van der Waals surface area contributed by atoms with Crippen molar-refractivity contribution < 1.29 is 9.47 Å². The van der Waals surface area contributed by atoms with E-state index in [9.17, 15) is 0 Å². The number of hydrogen-bond acceptors (Lipinski definition) is 5. The molecular formula is C18H26Cl2N2O2S. The van der Waals surface area contributed by atoms with E-state index in [1.807, 2.05) is 24.3 Å². The maximum absolute atomic E-state index is 5.77. The van der Waals surface area contributed by atoms with Gasteiger partial charge >= 0.3 is 0 Å². The monoisotopic (exact) mass is 404 g/mol. The highest BCUT2D eigenvalue weighted by atomic mass is 35.5. The number of ether oxygens (including phenoxy) is 2. The molecule has 7 heteroatoms. The van der Waals surface area contributed by atoms with Crippen LogP contribution < -0.4 is 14.8 Å². The van der Waals surface area contributed by atoms with E-state index in [-0.39, 0.29) is 30.9 Å². The first-order valence-electron chi connectivity index (χ1n) is 8.12. The molecule has 0 saturated carbocycles. The van der Waals surface area contributed by atoms with Gasteiger partial charge in [-0.3, -0.25) is 4.90 Å². The van der Waals surface area contributed by atoms with E-state index in [0.717, 1.165) is 37.7 Å². The van der Waals surface area contributed by atoms with Crippen molar-refractivity contribution in [1.29, 1.82) is 0 Å². The smallest absolute Gasteiger partial charge is 0.161 e. The Bertz CT molecular complexity index is 620. The first-order valence-corrected chi connectivity index (χ1v) is 9.00. The van der Waals surface area contributed by atoms with Gasteiger partial charge in [0.25, 0.3) is 0 Å². The first-order chi connectivity index (χ1) is 11.3. The number of halogens is 2. The first kappa shape index (κ1) is 22.1. The number of thiophene rings is 1. The Balaban J connectivity index is 0.00000156. The van der Waals surface area contributed by atoms with Gasteiger partial charge < -0.3 is 14.8 Å². The van der Waals surface area contributed by atoms with Gasteiger partial charge in [-0.1, -0.05) is 12.1 Å². The molecule has 0 radical (unpaired) electrons. The minimum atomic E-state index is 0. The summed E-state index contributed by atoms with van der Waals surface area (Å²) >= 11 is 1.81. The summed E-state index contributed by atoms with van der Waals surface area (Å²) in [6, 6.07) is 10.9. The number of nitrogens with zero attached hydrogens (tertiary/aromatic N) is 1. The topological polar surface area (TPSA) is 33.7 Å². The lowest BCUT2D eigenvalue weighted by atomic mass is 10.0. The molecule has 1 aromatic heterocycles. The van der Waals surface area contributed by atoms with E-state index < -0.39 is 0 Å². The zero-order valence-electron chi connectivity index (χ0n) is 14.6. The van der Waals surface area contributed by atoms with Crippen LogP contribution in [0.25, 0.3) is 0 Å². The molecular weight excluding hydrogens is 379 g/mol. The van der Waals surface area contributed by atoms with Crippen LogP contribution in [0.5, 0.6) is 11.5 Å². The van der Waals surface area contributed by atoms with Crippen molar-refractivity contribution in [1.82, 2.24) is 10.2 Å². The van der Waals surface area contributed by atoms with Crippen molar-refractivity contribution in [3.05, 3.63) is 46.2 Å². The van der Waals surface area contributed by atoms with E-state index in [4.69, 9.17) is 9.47 Å². The second-order valence-electron chi connectivity index (χ2n) is 5.55. The van der Waals surface area contributed by atoms with Gasteiger partial charge in [0, 0.05) is 31.1 Å². The summed E-state index contributed by atoms with van der Waals surface area (Å²) < 4.78 is 11.2. The Morgan fingerprint density at radius 2 is 1.92 bits per heavy atom. The van der Waals surface area contributed by atoms with Crippen molar-refractivity contribution in [3.63, 3.8) is 0 Å². The summed E-state index contributed by atoms with van der Waals surface area (Å²) in [6.07, 6.45) is 0. The molecule has 1 N–H and O–H groups in total. The Kier molecular flexibility index (Phi) is 9.61. The molecule has 0 aliphatic carbocycles. The predicted molar refractivity (Wildman–Crippen MR) is 109 cm³/mol. The summed E-state index contributed by atoms with van der Waals surface area (Å²) in [7, 11) is 1.69. The third kappa shape index (κ3) is 5.25. The Morgan fingerprint density at radius 1 is 1.16 bits per heavy atom. The molecule has 3 rings (SSSR count). The van der Waals surface area contributed by atoms with Crippen LogP contribution in [-0.2, 0) is 0 Å². The summed E-state index contributed by atoms with van der Waals surface area (Å²) in [5.74, 6) is 1.62. The molecule has 0 bridgehead atoms.